The Labute approximate surface area is 155 Å². The molecule has 0 aliphatic rings. The Morgan fingerprint density at radius 1 is 1.27 bits per heavy atom. The minimum absolute atomic E-state index is 0.262. The smallest absolute Gasteiger partial charge is 0.252 e. The van der Waals surface area contributed by atoms with Crippen LogP contribution in [-0.4, -0.2) is 25.0 Å². The maximum atomic E-state index is 12.3. The molecular formula is C12H8Cl5N3OS. The number of alkyl halides is 3. The van der Waals surface area contributed by atoms with Crippen LogP contribution in [-0.2, 0) is 0 Å². The Balaban J connectivity index is 2.15. The summed E-state index contributed by atoms with van der Waals surface area (Å²) in [5, 5.41) is 2.88. The summed E-state index contributed by atoms with van der Waals surface area (Å²) < 4.78 is -1.73. The number of amides is 1. The van der Waals surface area contributed by atoms with Crippen LogP contribution in [0.25, 0.3) is 0 Å². The van der Waals surface area contributed by atoms with Crippen molar-refractivity contribution in [3.05, 3.63) is 46.2 Å². The molecule has 0 bridgehead atoms. The highest BCUT2D eigenvalue weighted by Crippen LogP contribution is 2.38. The number of carbonyl (C=O) groups is 1. The Bertz CT molecular complexity index is 659. The molecule has 1 atom stereocenters. The van der Waals surface area contributed by atoms with E-state index in [1.807, 2.05) is 0 Å². The Morgan fingerprint density at radius 2 is 2.00 bits per heavy atom. The fraction of sp³-hybridized carbons (Fsp3) is 0.167. The fourth-order valence-corrected chi connectivity index (χ4v) is 3.09. The number of hydrogen-bond acceptors (Lipinski definition) is 3. The molecule has 0 saturated carbocycles. The molecule has 1 amide bonds. The lowest BCUT2D eigenvalue weighted by Crippen LogP contribution is -2.41. The van der Waals surface area contributed by atoms with Gasteiger partial charge in [0.05, 0.1) is 10.0 Å². The second-order valence-electron chi connectivity index (χ2n) is 4.04. The third-order valence-electron chi connectivity index (χ3n) is 2.44. The van der Waals surface area contributed by atoms with E-state index in [0.29, 0.717) is 15.7 Å². The van der Waals surface area contributed by atoms with Crippen molar-refractivity contribution in [2.45, 2.75) is 14.3 Å². The van der Waals surface area contributed by atoms with E-state index in [2.05, 4.69) is 15.3 Å². The van der Waals surface area contributed by atoms with Crippen LogP contribution in [0.15, 0.2) is 35.7 Å². The van der Waals surface area contributed by atoms with Gasteiger partial charge in [0.1, 0.15) is 5.37 Å². The molecule has 0 aliphatic heterocycles. The van der Waals surface area contributed by atoms with Gasteiger partial charge in [0.2, 0.25) is 3.79 Å². The normalized spacial score (nSPS) is 13.0. The molecule has 0 spiro atoms. The van der Waals surface area contributed by atoms with Gasteiger partial charge >= 0.3 is 0 Å². The lowest BCUT2D eigenvalue weighted by molar-refractivity contribution is 0.0950. The fourth-order valence-electron chi connectivity index (χ4n) is 1.44. The first-order valence-electron chi connectivity index (χ1n) is 5.76. The van der Waals surface area contributed by atoms with Crippen LogP contribution in [0.5, 0.6) is 0 Å². The second kappa shape index (κ2) is 7.51. The summed E-state index contributed by atoms with van der Waals surface area (Å²) >= 11 is 30.5. The zero-order valence-corrected chi connectivity index (χ0v) is 15.2. The molecule has 0 saturated heterocycles. The van der Waals surface area contributed by atoms with Crippen LogP contribution >= 0.6 is 69.8 Å². The predicted molar refractivity (Wildman–Crippen MR) is 92.5 cm³/mol. The average molecular weight is 420 g/mol. The van der Waals surface area contributed by atoms with Crippen molar-refractivity contribution in [3.8, 4) is 0 Å². The number of hydrogen-bond donors (Lipinski definition) is 2. The van der Waals surface area contributed by atoms with Gasteiger partial charge in [-0.2, -0.15) is 0 Å². The Hall–Kier alpha value is -0.300. The summed E-state index contributed by atoms with van der Waals surface area (Å²) in [6.07, 6.45) is 3.18. The summed E-state index contributed by atoms with van der Waals surface area (Å²) in [7, 11) is 0. The first kappa shape index (κ1) is 18.0. The lowest BCUT2D eigenvalue weighted by Gasteiger charge is -2.24. The molecule has 22 heavy (non-hydrogen) atoms. The van der Waals surface area contributed by atoms with E-state index in [4.69, 9.17) is 58.0 Å². The van der Waals surface area contributed by atoms with Crippen molar-refractivity contribution in [1.82, 2.24) is 15.3 Å². The Morgan fingerprint density at radius 3 is 2.55 bits per heavy atom. The van der Waals surface area contributed by atoms with E-state index in [1.165, 1.54) is 18.2 Å². The van der Waals surface area contributed by atoms with E-state index < -0.39 is 15.1 Å². The van der Waals surface area contributed by atoms with E-state index >= 15 is 0 Å². The van der Waals surface area contributed by atoms with Gasteiger partial charge in [-0.15, -0.1) is 0 Å². The van der Waals surface area contributed by atoms with E-state index in [1.54, 1.807) is 12.4 Å². The number of imidazole rings is 1. The zero-order valence-electron chi connectivity index (χ0n) is 10.6. The molecule has 1 aromatic carbocycles. The van der Waals surface area contributed by atoms with Gasteiger partial charge in [-0.25, -0.2) is 4.98 Å². The minimum atomic E-state index is -1.73. The van der Waals surface area contributed by atoms with E-state index in [0.717, 1.165) is 11.8 Å². The number of nitrogens with one attached hydrogen (secondary N) is 2. The van der Waals surface area contributed by atoms with Crippen LogP contribution < -0.4 is 5.32 Å². The summed E-state index contributed by atoms with van der Waals surface area (Å²) in [6.45, 7) is 0. The van der Waals surface area contributed by atoms with Crippen molar-refractivity contribution in [3.63, 3.8) is 0 Å². The number of carbonyl (C=O) groups excluding carboxylic acids is 1. The quantitative estimate of drug-likeness (QED) is 0.419. The lowest BCUT2D eigenvalue weighted by atomic mass is 10.2. The van der Waals surface area contributed by atoms with Crippen LogP contribution in [0.3, 0.4) is 0 Å². The third kappa shape index (κ3) is 4.85. The minimum Gasteiger partial charge on any atom is -0.340 e. The molecule has 1 aromatic heterocycles. The van der Waals surface area contributed by atoms with Crippen molar-refractivity contribution in [2.24, 2.45) is 0 Å². The Kier molecular flexibility index (Phi) is 6.16. The van der Waals surface area contributed by atoms with E-state index in [-0.39, 0.29) is 5.02 Å². The first-order valence-corrected chi connectivity index (χ1v) is 8.53. The van der Waals surface area contributed by atoms with Crippen LogP contribution in [0, 0.1) is 0 Å². The highest BCUT2D eigenvalue weighted by atomic mass is 35.6. The molecule has 0 aliphatic carbocycles. The molecule has 4 nitrogen and oxygen atoms in total. The van der Waals surface area contributed by atoms with Crippen molar-refractivity contribution < 1.29 is 4.79 Å². The molecule has 2 N–H and O–H groups in total. The SMILES string of the molecule is O=C(NC(Sc1ncc[nH]1)C(Cl)(Cl)Cl)c1ccc(Cl)c(Cl)c1. The molecule has 1 heterocycles. The molecular weight excluding hydrogens is 411 g/mol. The predicted octanol–water partition coefficient (Wildman–Crippen LogP) is 4.93. The molecule has 0 fully saturated rings. The largest absolute Gasteiger partial charge is 0.340 e. The number of aromatic nitrogens is 2. The van der Waals surface area contributed by atoms with Gasteiger partial charge in [-0.1, -0.05) is 69.8 Å². The maximum absolute atomic E-state index is 12.3. The maximum Gasteiger partial charge on any atom is 0.252 e. The summed E-state index contributed by atoms with van der Waals surface area (Å²) in [5.41, 5.74) is 0.300. The van der Waals surface area contributed by atoms with Crippen molar-refractivity contribution >= 4 is 75.7 Å². The van der Waals surface area contributed by atoms with Gasteiger partial charge in [0.15, 0.2) is 5.16 Å². The summed E-state index contributed by atoms with van der Waals surface area (Å²) in [6, 6.07) is 4.48. The van der Waals surface area contributed by atoms with Gasteiger partial charge < -0.3 is 10.3 Å². The second-order valence-corrected chi connectivity index (χ2v) is 8.31. The number of aromatic amines is 1. The number of nitrogens with zero attached hydrogens (tertiary/aromatic N) is 1. The zero-order chi connectivity index (χ0) is 16.3. The summed E-state index contributed by atoms with van der Waals surface area (Å²) in [4.78, 5) is 19.1. The molecule has 0 radical (unpaired) electrons. The molecule has 2 aromatic rings. The molecule has 10 heteroatoms. The van der Waals surface area contributed by atoms with Gasteiger partial charge in [-0.3, -0.25) is 4.79 Å². The highest BCUT2D eigenvalue weighted by Gasteiger charge is 2.35. The molecule has 118 valence electrons. The van der Waals surface area contributed by atoms with E-state index in [9.17, 15) is 4.79 Å². The highest BCUT2D eigenvalue weighted by molar-refractivity contribution is 8.00. The summed E-state index contributed by atoms with van der Waals surface area (Å²) in [5.74, 6) is -0.450. The average Bonchev–Trinajstić information content (AvgIpc) is 2.93. The monoisotopic (exact) mass is 417 g/mol. The standard InChI is InChI=1S/C12H8Cl5N3OS/c13-7-2-1-6(5-8(7)14)9(21)20-10(12(15,16)17)22-11-18-3-4-19-11/h1-5,10H,(H,18,19)(H,20,21). The van der Waals surface area contributed by atoms with Crippen LogP contribution in [0.4, 0.5) is 0 Å². The number of halogens is 5. The topological polar surface area (TPSA) is 57.8 Å². The van der Waals surface area contributed by atoms with Crippen LogP contribution in [0.1, 0.15) is 10.4 Å². The van der Waals surface area contributed by atoms with Gasteiger partial charge in [0.25, 0.3) is 5.91 Å². The number of H-pyrrole nitrogens is 1. The molecule has 2 rings (SSSR count). The van der Waals surface area contributed by atoms with Gasteiger partial charge in [-0.05, 0) is 18.2 Å². The first-order chi connectivity index (χ1) is 10.3. The van der Waals surface area contributed by atoms with Crippen molar-refractivity contribution in [1.29, 1.82) is 0 Å². The van der Waals surface area contributed by atoms with Crippen molar-refractivity contribution in [2.75, 3.05) is 0 Å². The van der Waals surface area contributed by atoms with Gasteiger partial charge in [0, 0.05) is 18.0 Å². The molecule has 1 unspecified atom stereocenters. The third-order valence-corrected chi connectivity index (χ3v) is 5.38. The number of thioether (sulfide) groups is 1. The van der Waals surface area contributed by atoms with Crippen LogP contribution in [0.2, 0.25) is 10.0 Å². The number of benzene rings is 1. The number of rotatable bonds is 4.